The van der Waals surface area contributed by atoms with Crippen molar-refractivity contribution in [2.75, 3.05) is 6.61 Å². The zero-order valence-corrected chi connectivity index (χ0v) is 9.56. The number of nitrogens with two attached hydrogens (primary N) is 1. The molecule has 2 aliphatic rings. The van der Waals surface area contributed by atoms with E-state index in [1.807, 2.05) is 6.92 Å². The van der Waals surface area contributed by atoms with Crippen LogP contribution in [0.2, 0.25) is 0 Å². The third kappa shape index (κ3) is 2.02. The number of hydrogen-bond acceptors (Lipinski definition) is 6. The predicted octanol–water partition coefficient (Wildman–Crippen LogP) is -2.15. The van der Waals surface area contributed by atoms with Crippen molar-refractivity contribution in [3.8, 4) is 0 Å². The maximum absolute atomic E-state index is 8.99. The van der Waals surface area contributed by atoms with Gasteiger partial charge in [-0.2, -0.15) is 0 Å². The first kappa shape index (κ1) is 11.0. The maximum Gasteiger partial charge on any atom is 0.195 e. The van der Waals surface area contributed by atoms with Crippen LogP contribution in [0.5, 0.6) is 0 Å². The molecule has 2 heterocycles. The van der Waals surface area contributed by atoms with Gasteiger partial charge >= 0.3 is 0 Å². The first-order valence-corrected chi connectivity index (χ1v) is 5.30. The van der Waals surface area contributed by atoms with E-state index in [1.54, 1.807) is 0 Å². The summed E-state index contributed by atoms with van der Waals surface area (Å²) >= 11 is 5.04. The highest BCUT2D eigenvalue weighted by Crippen LogP contribution is 2.13. The number of aliphatic imine (C=N–C) groups is 1. The number of fused-ring (bicyclic) bond motifs is 1. The number of rotatable bonds is 3. The Morgan fingerprint density at radius 2 is 2.38 bits per heavy atom. The summed E-state index contributed by atoms with van der Waals surface area (Å²) in [6.45, 7) is 1.88. The summed E-state index contributed by atoms with van der Waals surface area (Å²) in [5, 5.41) is 21.4. The normalized spacial score (nSPS) is 25.0. The van der Waals surface area contributed by atoms with Gasteiger partial charge in [-0.25, -0.2) is 4.99 Å². The van der Waals surface area contributed by atoms with Crippen LogP contribution >= 0.6 is 12.2 Å². The molecule has 2 aliphatic heterocycles. The van der Waals surface area contributed by atoms with E-state index in [1.165, 1.54) is 0 Å². The van der Waals surface area contributed by atoms with Gasteiger partial charge in [-0.1, -0.05) is 0 Å². The van der Waals surface area contributed by atoms with Gasteiger partial charge in [0.1, 0.15) is 11.5 Å². The van der Waals surface area contributed by atoms with Gasteiger partial charge in [-0.3, -0.25) is 0 Å². The number of nitrogens with one attached hydrogen (secondary N) is 4. The highest BCUT2D eigenvalue weighted by atomic mass is 32.1. The lowest BCUT2D eigenvalue weighted by molar-refractivity contribution is 0.257. The molecule has 0 spiro atoms. The summed E-state index contributed by atoms with van der Waals surface area (Å²) in [4.78, 5) is 4.13. The Kier molecular flexibility index (Phi) is 2.84. The Morgan fingerprint density at radius 1 is 1.62 bits per heavy atom. The summed E-state index contributed by atoms with van der Waals surface area (Å²) in [7, 11) is 0. The molecule has 0 amide bonds. The molecule has 0 radical (unpaired) electrons. The number of aliphatic hydroxyl groups excluding tert-OH is 1. The quantitative estimate of drug-likeness (QED) is 0.313. The summed E-state index contributed by atoms with van der Waals surface area (Å²) in [6, 6.07) is -0.0832. The second-order valence-corrected chi connectivity index (χ2v) is 4.07. The molecule has 88 valence electrons. The Bertz CT molecular complexity index is 379. The van der Waals surface area contributed by atoms with Gasteiger partial charge in [0, 0.05) is 6.04 Å². The fourth-order valence-corrected chi connectivity index (χ4v) is 1.71. The van der Waals surface area contributed by atoms with Crippen LogP contribution in [0.4, 0.5) is 0 Å². The fraction of sp³-hybridized carbons (Fsp3) is 0.500. The van der Waals surface area contributed by atoms with Crippen molar-refractivity contribution in [3.63, 3.8) is 0 Å². The monoisotopic (exact) mass is 242 g/mol. The third-order valence-electron chi connectivity index (χ3n) is 2.24. The molecule has 0 saturated carbocycles. The van der Waals surface area contributed by atoms with Gasteiger partial charge in [0.2, 0.25) is 0 Å². The lowest BCUT2D eigenvalue weighted by Crippen LogP contribution is -2.53. The summed E-state index contributed by atoms with van der Waals surface area (Å²) in [6.07, 6.45) is -0.276. The molecule has 2 rings (SSSR count). The molecule has 7 nitrogen and oxygen atoms in total. The van der Waals surface area contributed by atoms with Crippen LogP contribution in [0.15, 0.2) is 16.5 Å². The molecular formula is C8H14N6OS. The first-order valence-electron chi connectivity index (χ1n) is 4.89. The van der Waals surface area contributed by atoms with Gasteiger partial charge in [-0.15, -0.1) is 0 Å². The SMILES string of the molecule is C[C@H](CO)NC1=C2NC(N)=NC2NC(=S)N1. The molecule has 0 saturated heterocycles. The lowest BCUT2D eigenvalue weighted by Gasteiger charge is -2.27. The van der Waals surface area contributed by atoms with Crippen molar-refractivity contribution in [1.29, 1.82) is 0 Å². The smallest absolute Gasteiger partial charge is 0.195 e. The zero-order valence-electron chi connectivity index (χ0n) is 8.74. The topological polar surface area (TPSA) is 107 Å². The average molecular weight is 242 g/mol. The molecule has 8 heteroatoms. The molecule has 0 aliphatic carbocycles. The molecular weight excluding hydrogens is 228 g/mol. The van der Waals surface area contributed by atoms with E-state index in [0.717, 1.165) is 5.70 Å². The minimum Gasteiger partial charge on any atom is -0.394 e. The molecule has 0 aromatic rings. The van der Waals surface area contributed by atoms with E-state index in [9.17, 15) is 0 Å². The number of aliphatic hydroxyl groups is 1. The predicted molar refractivity (Wildman–Crippen MR) is 64.1 cm³/mol. The van der Waals surface area contributed by atoms with Crippen LogP contribution in [-0.4, -0.2) is 35.0 Å². The lowest BCUT2D eigenvalue weighted by atomic mass is 10.3. The largest absolute Gasteiger partial charge is 0.394 e. The van der Waals surface area contributed by atoms with Gasteiger partial charge in [0.15, 0.2) is 17.2 Å². The van der Waals surface area contributed by atoms with Gasteiger partial charge in [0.25, 0.3) is 0 Å². The van der Waals surface area contributed by atoms with Crippen molar-refractivity contribution < 1.29 is 5.11 Å². The van der Waals surface area contributed by atoms with Gasteiger partial charge in [0.05, 0.1) is 6.61 Å². The molecule has 16 heavy (non-hydrogen) atoms. The Balaban J connectivity index is 2.20. The Hall–Kier alpha value is -1.54. The van der Waals surface area contributed by atoms with Gasteiger partial charge < -0.3 is 32.1 Å². The van der Waals surface area contributed by atoms with Crippen molar-refractivity contribution in [1.82, 2.24) is 21.3 Å². The third-order valence-corrected chi connectivity index (χ3v) is 2.46. The molecule has 0 fully saturated rings. The minimum atomic E-state index is -0.276. The molecule has 7 N–H and O–H groups in total. The second-order valence-electron chi connectivity index (χ2n) is 3.66. The number of guanidine groups is 1. The van der Waals surface area contributed by atoms with Crippen molar-refractivity contribution in [2.24, 2.45) is 10.7 Å². The van der Waals surface area contributed by atoms with E-state index in [4.69, 9.17) is 23.1 Å². The van der Waals surface area contributed by atoms with Crippen LogP contribution < -0.4 is 27.0 Å². The Labute approximate surface area is 98.2 Å². The molecule has 0 aromatic carbocycles. The first-order chi connectivity index (χ1) is 7.60. The van der Waals surface area contributed by atoms with E-state index in [-0.39, 0.29) is 18.8 Å². The van der Waals surface area contributed by atoms with Crippen LogP contribution in [-0.2, 0) is 0 Å². The highest BCUT2D eigenvalue weighted by Gasteiger charge is 2.30. The minimum absolute atomic E-state index is 0.0274. The second kappa shape index (κ2) is 4.14. The van der Waals surface area contributed by atoms with Crippen molar-refractivity contribution in [3.05, 3.63) is 11.5 Å². The van der Waals surface area contributed by atoms with E-state index in [0.29, 0.717) is 16.9 Å². The average Bonchev–Trinajstić information content (AvgIpc) is 2.58. The Morgan fingerprint density at radius 3 is 3.06 bits per heavy atom. The van der Waals surface area contributed by atoms with E-state index < -0.39 is 0 Å². The number of nitrogens with zero attached hydrogens (tertiary/aromatic N) is 1. The summed E-state index contributed by atoms with van der Waals surface area (Å²) < 4.78 is 0. The fourth-order valence-electron chi connectivity index (χ4n) is 1.49. The van der Waals surface area contributed by atoms with Gasteiger partial charge in [-0.05, 0) is 19.1 Å². The molecule has 2 atom stereocenters. The summed E-state index contributed by atoms with van der Waals surface area (Å²) in [5.74, 6) is 1.04. The van der Waals surface area contributed by atoms with Crippen LogP contribution in [0.25, 0.3) is 0 Å². The highest BCUT2D eigenvalue weighted by molar-refractivity contribution is 7.80. The van der Waals surface area contributed by atoms with E-state index in [2.05, 4.69) is 26.3 Å². The standard InChI is InChI=1S/C8H14N6OS/c1-3(2-15)10-5-4-6(12-7(9)11-4)14-8(16)13-5/h3,6,10,15H,2H2,1H3,(H3,9,11,12)(H2,13,14,16)/t3-,6?/m1/s1. The molecule has 0 aromatic heterocycles. The zero-order chi connectivity index (χ0) is 11.7. The van der Waals surface area contributed by atoms with Crippen LogP contribution in [0.3, 0.4) is 0 Å². The molecule has 0 bridgehead atoms. The summed E-state index contributed by atoms with van der Waals surface area (Å²) in [5.41, 5.74) is 6.37. The number of hydrogen-bond donors (Lipinski definition) is 6. The van der Waals surface area contributed by atoms with E-state index >= 15 is 0 Å². The maximum atomic E-state index is 8.99. The van der Waals surface area contributed by atoms with Crippen molar-refractivity contribution >= 4 is 23.3 Å². The van der Waals surface area contributed by atoms with Crippen LogP contribution in [0.1, 0.15) is 6.92 Å². The number of thiocarbonyl (C=S) groups is 1. The van der Waals surface area contributed by atoms with Crippen molar-refractivity contribution in [2.45, 2.75) is 19.1 Å². The molecule has 1 unspecified atom stereocenters. The van der Waals surface area contributed by atoms with Crippen LogP contribution in [0, 0.1) is 0 Å².